The lowest BCUT2D eigenvalue weighted by Gasteiger charge is -2.26. The maximum Gasteiger partial charge on any atom is 0.253 e. The second-order valence-electron chi connectivity index (χ2n) is 5.93. The molecule has 2 fully saturated rings. The first-order valence-corrected chi connectivity index (χ1v) is 7.94. The first-order chi connectivity index (χ1) is 10.3. The van der Waals surface area contributed by atoms with Gasteiger partial charge in [-0.2, -0.15) is 0 Å². The molecule has 2 aliphatic rings. The highest BCUT2D eigenvalue weighted by molar-refractivity contribution is 5.98. The van der Waals surface area contributed by atoms with Gasteiger partial charge in [0.05, 0.1) is 0 Å². The molecule has 21 heavy (non-hydrogen) atoms. The molecule has 0 aromatic heterocycles. The van der Waals surface area contributed by atoms with Crippen molar-refractivity contribution in [3.05, 3.63) is 35.4 Å². The minimum Gasteiger partial charge on any atom is -0.339 e. The molecule has 0 bridgehead atoms. The van der Waals surface area contributed by atoms with Gasteiger partial charge in [-0.05, 0) is 56.4 Å². The summed E-state index contributed by atoms with van der Waals surface area (Å²) in [5.74, 6) is 0.180. The summed E-state index contributed by atoms with van der Waals surface area (Å²) in [6.07, 6.45) is 5.59. The lowest BCUT2D eigenvalue weighted by atomic mass is 10.1. The molecule has 4 heteroatoms. The molecule has 1 aromatic rings. The number of carbonyl (C=O) groups is 2. The quantitative estimate of drug-likeness (QED) is 0.838. The van der Waals surface area contributed by atoms with Gasteiger partial charge < -0.3 is 9.80 Å². The molecule has 0 saturated carbocycles. The van der Waals surface area contributed by atoms with Gasteiger partial charge in [0.25, 0.3) is 11.8 Å². The van der Waals surface area contributed by atoms with Crippen LogP contribution in [-0.2, 0) is 0 Å². The molecule has 2 heterocycles. The number of hydrogen-bond donors (Lipinski definition) is 0. The van der Waals surface area contributed by atoms with Crippen LogP contribution in [0.4, 0.5) is 0 Å². The number of rotatable bonds is 2. The zero-order valence-corrected chi connectivity index (χ0v) is 12.4. The lowest BCUT2D eigenvalue weighted by molar-refractivity contribution is 0.0722. The minimum absolute atomic E-state index is 0.0875. The van der Waals surface area contributed by atoms with Crippen LogP contribution in [0.2, 0.25) is 0 Å². The van der Waals surface area contributed by atoms with Crippen molar-refractivity contribution in [1.82, 2.24) is 9.80 Å². The average molecular weight is 286 g/mol. The third-order valence-electron chi connectivity index (χ3n) is 4.42. The fraction of sp³-hybridized carbons (Fsp3) is 0.529. The van der Waals surface area contributed by atoms with E-state index < -0.39 is 0 Å². The summed E-state index contributed by atoms with van der Waals surface area (Å²) in [4.78, 5) is 28.4. The van der Waals surface area contributed by atoms with E-state index in [2.05, 4.69) is 0 Å². The predicted octanol–water partition coefficient (Wildman–Crippen LogP) is 2.55. The van der Waals surface area contributed by atoms with E-state index in [9.17, 15) is 9.59 Å². The van der Waals surface area contributed by atoms with E-state index in [-0.39, 0.29) is 11.8 Å². The molecule has 0 unspecified atom stereocenters. The van der Waals surface area contributed by atoms with Crippen LogP contribution in [0, 0.1) is 0 Å². The Morgan fingerprint density at radius 2 is 0.952 bits per heavy atom. The van der Waals surface area contributed by atoms with Crippen molar-refractivity contribution in [3.63, 3.8) is 0 Å². The molecule has 4 nitrogen and oxygen atoms in total. The summed E-state index contributed by atoms with van der Waals surface area (Å²) in [6, 6.07) is 7.16. The van der Waals surface area contributed by atoms with Gasteiger partial charge in [-0.3, -0.25) is 9.59 Å². The maximum atomic E-state index is 12.4. The van der Waals surface area contributed by atoms with Crippen molar-refractivity contribution in [1.29, 1.82) is 0 Å². The monoisotopic (exact) mass is 286 g/mol. The van der Waals surface area contributed by atoms with Gasteiger partial charge in [-0.15, -0.1) is 0 Å². The van der Waals surface area contributed by atoms with Gasteiger partial charge in [0, 0.05) is 37.3 Å². The number of carbonyl (C=O) groups excluding carboxylic acids is 2. The Hall–Kier alpha value is -1.84. The summed E-state index contributed by atoms with van der Waals surface area (Å²) in [7, 11) is 0. The zero-order valence-electron chi connectivity index (χ0n) is 12.4. The van der Waals surface area contributed by atoms with Gasteiger partial charge in [0.15, 0.2) is 0 Å². The van der Waals surface area contributed by atoms with E-state index in [4.69, 9.17) is 0 Å². The van der Waals surface area contributed by atoms with E-state index in [1.165, 1.54) is 6.42 Å². The van der Waals surface area contributed by atoms with E-state index in [0.717, 1.165) is 51.9 Å². The van der Waals surface area contributed by atoms with Crippen LogP contribution < -0.4 is 0 Å². The minimum atomic E-state index is 0.0875. The Labute approximate surface area is 125 Å². The highest BCUT2D eigenvalue weighted by Crippen LogP contribution is 2.16. The molecule has 2 amide bonds. The first kappa shape index (κ1) is 14.1. The Bertz CT molecular complexity index is 512. The van der Waals surface area contributed by atoms with Gasteiger partial charge in [0.2, 0.25) is 0 Å². The van der Waals surface area contributed by atoms with Crippen molar-refractivity contribution in [2.45, 2.75) is 32.1 Å². The summed E-state index contributed by atoms with van der Waals surface area (Å²) in [5.41, 5.74) is 1.38. The van der Waals surface area contributed by atoms with Crippen LogP contribution in [0.3, 0.4) is 0 Å². The van der Waals surface area contributed by atoms with E-state index in [1.807, 2.05) is 9.80 Å². The van der Waals surface area contributed by atoms with Gasteiger partial charge >= 0.3 is 0 Å². The average Bonchev–Trinajstić information content (AvgIpc) is 3.09. The number of benzene rings is 1. The van der Waals surface area contributed by atoms with Gasteiger partial charge in [-0.1, -0.05) is 0 Å². The fourth-order valence-corrected chi connectivity index (χ4v) is 3.14. The highest BCUT2D eigenvalue weighted by atomic mass is 16.2. The van der Waals surface area contributed by atoms with Crippen molar-refractivity contribution >= 4 is 11.8 Å². The Morgan fingerprint density at radius 1 is 0.619 bits per heavy atom. The Kier molecular flexibility index (Phi) is 4.23. The van der Waals surface area contributed by atoms with Gasteiger partial charge in [-0.25, -0.2) is 0 Å². The first-order valence-electron chi connectivity index (χ1n) is 7.94. The second-order valence-corrected chi connectivity index (χ2v) is 5.93. The van der Waals surface area contributed by atoms with E-state index in [1.54, 1.807) is 24.3 Å². The van der Waals surface area contributed by atoms with E-state index in [0.29, 0.717) is 11.1 Å². The number of amides is 2. The molecule has 112 valence electrons. The molecule has 0 radical (unpaired) electrons. The molecule has 0 N–H and O–H groups in total. The van der Waals surface area contributed by atoms with Crippen molar-refractivity contribution < 1.29 is 9.59 Å². The fourth-order valence-electron chi connectivity index (χ4n) is 3.14. The number of piperidine rings is 1. The molecule has 0 spiro atoms. The molecular weight excluding hydrogens is 264 g/mol. The Balaban J connectivity index is 1.68. The maximum absolute atomic E-state index is 12.4. The summed E-state index contributed by atoms with van der Waals surface area (Å²) >= 11 is 0. The number of nitrogens with zero attached hydrogens (tertiary/aromatic N) is 2. The van der Waals surface area contributed by atoms with Crippen molar-refractivity contribution in [2.75, 3.05) is 26.2 Å². The van der Waals surface area contributed by atoms with Crippen LogP contribution in [0.1, 0.15) is 52.8 Å². The Morgan fingerprint density at radius 3 is 1.33 bits per heavy atom. The van der Waals surface area contributed by atoms with Crippen LogP contribution in [0.25, 0.3) is 0 Å². The highest BCUT2D eigenvalue weighted by Gasteiger charge is 2.21. The number of hydrogen-bond acceptors (Lipinski definition) is 2. The topological polar surface area (TPSA) is 40.6 Å². The number of likely N-dealkylation sites (tertiary alicyclic amines) is 2. The van der Waals surface area contributed by atoms with Crippen LogP contribution in [0.5, 0.6) is 0 Å². The van der Waals surface area contributed by atoms with Crippen LogP contribution in [-0.4, -0.2) is 47.8 Å². The standard InChI is InChI=1S/C17H22N2O2/c20-16(18-10-2-1-3-11-18)14-6-8-15(9-7-14)17(21)19-12-4-5-13-19/h6-9H,1-5,10-13H2. The molecule has 2 saturated heterocycles. The SMILES string of the molecule is O=C(c1ccc(C(=O)N2CCCC2)cc1)N1CCCCC1. The lowest BCUT2D eigenvalue weighted by Crippen LogP contribution is -2.35. The smallest absolute Gasteiger partial charge is 0.253 e. The zero-order chi connectivity index (χ0) is 14.7. The van der Waals surface area contributed by atoms with E-state index >= 15 is 0 Å². The third-order valence-corrected chi connectivity index (χ3v) is 4.42. The van der Waals surface area contributed by atoms with Crippen molar-refractivity contribution in [2.24, 2.45) is 0 Å². The summed E-state index contributed by atoms with van der Waals surface area (Å²) < 4.78 is 0. The molecule has 2 aliphatic heterocycles. The molecular formula is C17H22N2O2. The van der Waals surface area contributed by atoms with Crippen molar-refractivity contribution in [3.8, 4) is 0 Å². The second kappa shape index (κ2) is 6.29. The molecule has 3 rings (SSSR count). The normalized spacial score (nSPS) is 18.9. The van der Waals surface area contributed by atoms with Gasteiger partial charge in [0.1, 0.15) is 0 Å². The third kappa shape index (κ3) is 3.09. The summed E-state index contributed by atoms with van der Waals surface area (Å²) in [5, 5.41) is 0. The molecule has 1 aromatic carbocycles. The molecule has 0 aliphatic carbocycles. The van der Waals surface area contributed by atoms with Crippen LogP contribution >= 0.6 is 0 Å². The molecule has 0 atom stereocenters. The predicted molar refractivity (Wildman–Crippen MR) is 81.3 cm³/mol. The largest absolute Gasteiger partial charge is 0.339 e. The summed E-state index contributed by atoms with van der Waals surface area (Å²) in [6.45, 7) is 3.42. The van der Waals surface area contributed by atoms with Crippen LogP contribution in [0.15, 0.2) is 24.3 Å².